The normalized spacial score (nSPS) is 14.3. The molecule has 7 heteroatoms. The molecule has 2 aromatic rings. The topological polar surface area (TPSA) is 80.1 Å². The lowest BCUT2D eigenvalue weighted by Gasteiger charge is -2.19. The van der Waals surface area contributed by atoms with Gasteiger partial charge >= 0.3 is 0 Å². The van der Waals surface area contributed by atoms with E-state index in [2.05, 4.69) is 15.6 Å². The van der Waals surface area contributed by atoms with Crippen molar-refractivity contribution in [3.05, 3.63) is 42.2 Å². The summed E-state index contributed by atoms with van der Waals surface area (Å²) in [7, 11) is 0. The van der Waals surface area contributed by atoms with Crippen molar-refractivity contribution in [2.45, 2.75) is 19.5 Å². The van der Waals surface area contributed by atoms with Gasteiger partial charge in [0.15, 0.2) is 0 Å². The number of amides is 2. The van der Waals surface area contributed by atoms with Gasteiger partial charge in [0.25, 0.3) is 0 Å². The molecule has 0 aliphatic carbocycles. The third-order valence-corrected chi connectivity index (χ3v) is 3.37. The molecule has 1 aromatic heterocycles. The molecule has 0 saturated carbocycles. The van der Waals surface area contributed by atoms with E-state index in [1.807, 2.05) is 24.3 Å². The Hall–Kier alpha value is -2.70. The van der Waals surface area contributed by atoms with Gasteiger partial charge in [-0.25, -0.2) is 0 Å². The maximum Gasteiger partial charge on any atom is 0.244 e. The van der Waals surface area contributed by atoms with Gasteiger partial charge in [0.1, 0.15) is 6.54 Å². The Morgan fingerprint density at radius 1 is 1.29 bits per heavy atom. The molecule has 3 rings (SSSR count). The monoisotopic (exact) mass is 285 g/mol. The molecular weight excluding hydrogens is 270 g/mol. The highest BCUT2D eigenvalue weighted by Crippen LogP contribution is 2.20. The molecule has 0 radical (unpaired) electrons. The van der Waals surface area contributed by atoms with Gasteiger partial charge in [0.2, 0.25) is 11.8 Å². The van der Waals surface area contributed by atoms with Gasteiger partial charge in [0.05, 0.1) is 12.7 Å². The summed E-state index contributed by atoms with van der Waals surface area (Å²) < 4.78 is 1.60. The molecule has 0 spiro atoms. The van der Waals surface area contributed by atoms with E-state index < -0.39 is 0 Å². The number of carbonyl (C=O) groups excluding carboxylic acids is 2. The maximum atomic E-state index is 12.3. The first kappa shape index (κ1) is 13.3. The van der Waals surface area contributed by atoms with Gasteiger partial charge < -0.3 is 10.2 Å². The zero-order valence-electron chi connectivity index (χ0n) is 11.4. The number of benzene rings is 1. The van der Waals surface area contributed by atoms with Crippen LogP contribution in [0.3, 0.4) is 0 Å². The third-order valence-electron chi connectivity index (χ3n) is 3.37. The molecule has 1 aromatic carbocycles. The number of anilines is 1. The van der Waals surface area contributed by atoms with Crippen molar-refractivity contribution in [3.63, 3.8) is 0 Å². The third kappa shape index (κ3) is 3.07. The van der Waals surface area contributed by atoms with Crippen LogP contribution in [0, 0.1) is 0 Å². The van der Waals surface area contributed by atoms with E-state index in [0.717, 1.165) is 11.3 Å². The number of fused-ring (bicyclic) bond motifs is 1. The SMILES string of the molecule is O=C1CN(C(=O)CCn2ccnn2)Cc2ccccc2N1. The van der Waals surface area contributed by atoms with Crippen molar-refractivity contribution < 1.29 is 9.59 Å². The number of para-hydroxylation sites is 1. The Kier molecular flexibility index (Phi) is 3.63. The Morgan fingerprint density at radius 3 is 2.95 bits per heavy atom. The van der Waals surface area contributed by atoms with E-state index in [1.165, 1.54) is 0 Å². The summed E-state index contributed by atoms with van der Waals surface area (Å²) in [4.78, 5) is 25.7. The summed E-state index contributed by atoms with van der Waals surface area (Å²) in [6.07, 6.45) is 3.57. The fourth-order valence-corrected chi connectivity index (χ4v) is 2.30. The van der Waals surface area contributed by atoms with Gasteiger partial charge in [-0.05, 0) is 11.6 Å². The number of carbonyl (C=O) groups is 2. The predicted molar refractivity (Wildman–Crippen MR) is 75.1 cm³/mol. The highest BCUT2D eigenvalue weighted by atomic mass is 16.2. The van der Waals surface area contributed by atoms with Crippen molar-refractivity contribution in [2.24, 2.45) is 0 Å². The molecule has 0 atom stereocenters. The van der Waals surface area contributed by atoms with E-state index in [4.69, 9.17) is 0 Å². The van der Waals surface area contributed by atoms with Gasteiger partial charge in [-0.3, -0.25) is 14.3 Å². The van der Waals surface area contributed by atoms with Crippen LogP contribution in [-0.4, -0.2) is 38.3 Å². The van der Waals surface area contributed by atoms with Crippen LogP contribution < -0.4 is 5.32 Å². The molecule has 21 heavy (non-hydrogen) atoms. The highest BCUT2D eigenvalue weighted by Gasteiger charge is 2.22. The van der Waals surface area contributed by atoms with Crippen molar-refractivity contribution in [3.8, 4) is 0 Å². The van der Waals surface area contributed by atoms with Gasteiger partial charge in [-0.1, -0.05) is 23.4 Å². The summed E-state index contributed by atoms with van der Waals surface area (Å²) >= 11 is 0. The average Bonchev–Trinajstić information content (AvgIpc) is 2.93. The minimum absolute atomic E-state index is 0.0719. The molecule has 0 fully saturated rings. The standard InChI is InChI=1S/C14H15N5O2/c20-13-10-18(9-11-3-1-2-4-12(11)16-13)14(21)5-7-19-8-6-15-17-19/h1-4,6,8H,5,7,9-10H2,(H,16,20). The van der Waals surface area contributed by atoms with Gasteiger partial charge in [-0.2, -0.15) is 0 Å². The molecule has 0 unspecified atom stereocenters. The number of nitrogens with one attached hydrogen (secondary N) is 1. The zero-order chi connectivity index (χ0) is 14.7. The van der Waals surface area contributed by atoms with Crippen molar-refractivity contribution in [2.75, 3.05) is 11.9 Å². The Labute approximate surface area is 121 Å². The van der Waals surface area contributed by atoms with Crippen molar-refractivity contribution in [1.82, 2.24) is 19.9 Å². The summed E-state index contributed by atoms with van der Waals surface area (Å²) in [6, 6.07) is 7.52. The number of aryl methyl sites for hydroxylation is 1. The summed E-state index contributed by atoms with van der Waals surface area (Å²) in [5, 5.41) is 10.3. The van der Waals surface area contributed by atoms with Crippen molar-refractivity contribution in [1.29, 1.82) is 0 Å². The lowest BCUT2D eigenvalue weighted by atomic mass is 10.1. The minimum Gasteiger partial charge on any atom is -0.329 e. The lowest BCUT2D eigenvalue weighted by Crippen LogP contribution is -2.35. The second kappa shape index (κ2) is 5.74. The fraction of sp³-hybridized carbons (Fsp3) is 0.286. The summed E-state index contributed by atoms with van der Waals surface area (Å²) in [5.74, 6) is -0.244. The summed E-state index contributed by atoms with van der Waals surface area (Å²) in [6.45, 7) is 0.967. The Balaban J connectivity index is 1.70. The van der Waals surface area contributed by atoms with Crippen LogP contribution in [-0.2, 0) is 22.7 Å². The molecule has 7 nitrogen and oxygen atoms in total. The number of rotatable bonds is 3. The second-order valence-corrected chi connectivity index (χ2v) is 4.87. The summed E-state index contributed by atoms with van der Waals surface area (Å²) in [5.41, 5.74) is 1.71. The Morgan fingerprint density at radius 2 is 2.14 bits per heavy atom. The number of hydrogen-bond acceptors (Lipinski definition) is 4. The smallest absolute Gasteiger partial charge is 0.244 e. The number of aromatic nitrogens is 3. The first-order valence-corrected chi connectivity index (χ1v) is 6.72. The average molecular weight is 285 g/mol. The fourth-order valence-electron chi connectivity index (χ4n) is 2.30. The van der Waals surface area contributed by atoms with E-state index in [-0.39, 0.29) is 18.4 Å². The second-order valence-electron chi connectivity index (χ2n) is 4.87. The lowest BCUT2D eigenvalue weighted by molar-refractivity contribution is -0.135. The molecule has 1 aliphatic rings. The predicted octanol–water partition coefficient (Wildman–Crippen LogP) is 0.649. The first-order chi connectivity index (χ1) is 10.2. The molecular formula is C14H15N5O2. The number of nitrogens with zero attached hydrogens (tertiary/aromatic N) is 4. The van der Waals surface area contributed by atoms with E-state index >= 15 is 0 Å². The van der Waals surface area contributed by atoms with Crippen LogP contribution in [0.25, 0.3) is 0 Å². The molecule has 2 amide bonds. The molecule has 2 heterocycles. The largest absolute Gasteiger partial charge is 0.329 e. The number of hydrogen-bond donors (Lipinski definition) is 1. The van der Waals surface area contributed by atoms with E-state index in [0.29, 0.717) is 19.5 Å². The minimum atomic E-state index is -0.172. The van der Waals surface area contributed by atoms with Gasteiger partial charge in [0, 0.05) is 24.8 Å². The molecule has 0 bridgehead atoms. The quantitative estimate of drug-likeness (QED) is 0.898. The molecule has 1 N–H and O–H groups in total. The van der Waals surface area contributed by atoms with Crippen LogP contribution in [0.2, 0.25) is 0 Å². The van der Waals surface area contributed by atoms with Crippen LogP contribution in [0.4, 0.5) is 5.69 Å². The van der Waals surface area contributed by atoms with E-state index in [9.17, 15) is 9.59 Å². The van der Waals surface area contributed by atoms with Crippen LogP contribution in [0.15, 0.2) is 36.7 Å². The highest BCUT2D eigenvalue weighted by molar-refractivity contribution is 5.96. The van der Waals surface area contributed by atoms with Crippen LogP contribution >= 0.6 is 0 Å². The maximum absolute atomic E-state index is 12.3. The van der Waals surface area contributed by atoms with Crippen LogP contribution in [0.1, 0.15) is 12.0 Å². The van der Waals surface area contributed by atoms with Crippen molar-refractivity contribution >= 4 is 17.5 Å². The molecule has 1 aliphatic heterocycles. The molecule has 0 saturated heterocycles. The van der Waals surface area contributed by atoms with Gasteiger partial charge in [-0.15, -0.1) is 5.10 Å². The van der Waals surface area contributed by atoms with Crippen LogP contribution in [0.5, 0.6) is 0 Å². The first-order valence-electron chi connectivity index (χ1n) is 6.72. The Bertz CT molecular complexity index is 653. The molecule has 108 valence electrons. The van der Waals surface area contributed by atoms with E-state index in [1.54, 1.807) is 22.0 Å². The zero-order valence-corrected chi connectivity index (χ0v) is 11.4.